The lowest BCUT2D eigenvalue weighted by Crippen LogP contribution is -2.18. The molecule has 2 aromatic heterocycles. The van der Waals surface area contributed by atoms with E-state index < -0.39 is 0 Å². The van der Waals surface area contributed by atoms with Gasteiger partial charge in [0.15, 0.2) is 0 Å². The maximum absolute atomic E-state index is 12.0. The number of ether oxygens (including phenoxy) is 1. The van der Waals surface area contributed by atoms with Crippen molar-refractivity contribution in [2.24, 2.45) is 0 Å². The summed E-state index contributed by atoms with van der Waals surface area (Å²) >= 11 is 1.30. The van der Waals surface area contributed by atoms with Gasteiger partial charge in [-0.05, 0) is 30.3 Å². The number of nitrogens with zero attached hydrogens (tertiary/aromatic N) is 2. The molecule has 0 aliphatic heterocycles. The highest BCUT2D eigenvalue weighted by molar-refractivity contribution is 7.17. The van der Waals surface area contributed by atoms with Gasteiger partial charge in [0.2, 0.25) is 5.91 Å². The van der Waals surface area contributed by atoms with Crippen LogP contribution in [-0.4, -0.2) is 28.8 Å². The number of amides is 1. The van der Waals surface area contributed by atoms with Gasteiger partial charge in [0.25, 0.3) is 0 Å². The molecule has 0 aliphatic carbocycles. The summed E-state index contributed by atoms with van der Waals surface area (Å²) in [6.07, 6.45) is 1.73. The number of nitrogens with one attached hydrogen (secondary N) is 1. The van der Waals surface area contributed by atoms with E-state index in [1.807, 2.05) is 42.5 Å². The minimum Gasteiger partial charge on any atom is -0.465 e. The monoisotopic (exact) mass is 341 g/mol. The molecule has 0 saturated carbocycles. The Hall–Kier alpha value is -2.93. The lowest BCUT2D eigenvalue weighted by atomic mass is 10.3. The number of hydrogen-bond donors (Lipinski definition) is 1. The summed E-state index contributed by atoms with van der Waals surface area (Å²) < 4.78 is 6.25. The van der Waals surface area contributed by atoms with Crippen LogP contribution in [0.15, 0.2) is 54.7 Å². The average Bonchev–Trinajstić information content (AvgIpc) is 3.24. The fraction of sp³-hybridized carbons (Fsp3) is 0.118. The van der Waals surface area contributed by atoms with Crippen LogP contribution in [0.2, 0.25) is 0 Å². The van der Waals surface area contributed by atoms with Crippen molar-refractivity contribution in [3.8, 4) is 10.6 Å². The van der Waals surface area contributed by atoms with Crippen molar-refractivity contribution in [3.05, 3.63) is 59.6 Å². The molecule has 7 heteroatoms. The van der Waals surface area contributed by atoms with Gasteiger partial charge in [-0.3, -0.25) is 9.48 Å². The minimum absolute atomic E-state index is 0.115. The van der Waals surface area contributed by atoms with Crippen LogP contribution < -0.4 is 5.32 Å². The first-order valence-electron chi connectivity index (χ1n) is 7.22. The number of thiophene rings is 1. The normalized spacial score (nSPS) is 10.4. The van der Waals surface area contributed by atoms with Gasteiger partial charge in [-0.15, -0.1) is 11.3 Å². The minimum atomic E-state index is -0.368. The van der Waals surface area contributed by atoms with Crippen molar-refractivity contribution in [3.63, 3.8) is 0 Å². The average molecular weight is 341 g/mol. The third kappa shape index (κ3) is 3.69. The first-order chi connectivity index (χ1) is 11.7. The zero-order valence-corrected chi connectivity index (χ0v) is 13.7. The van der Waals surface area contributed by atoms with Gasteiger partial charge in [0.1, 0.15) is 17.1 Å². The number of hydrogen-bond acceptors (Lipinski definition) is 5. The van der Waals surface area contributed by atoms with Gasteiger partial charge in [0.05, 0.1) is 12.0 Å². The highest BCUT2D eigenvalue weighted by Crippen LogP contribution is 2.27. The van der Waals surface area contributed by atoms with Gasteiger partial charge < -0.3 is 10.1 Å². The van der Waals surface area contributed by atoms with Crippen molar-refractivity contribution in [1.29, 1.82) is 0 Å². The predicted molar refractivity (Wildman–Crippen MR) is 92.0 cm³/mol. The van der Waals surface area contributed by atoms with Gasteiger partial charge >= 0.3 is 5.97 Å². The van der Waals surface area contributed by atoms with Crippen molar-refractivity contribution in [2.45, 2.75) is 6.54 Å². The molecule has 1 amide bonds. The van der Waals surface area contributed by atoms with Crippen LogP contribution in [0.4, 0.5) is 5.69 Å². The summed E-state index contributed by atoms with van der Waals surface area (Å²) in [5.74, 6) is -0.523. The maximum Gasteiger partial charge on any atom is 0.348 e. The molecule has 0 atom stereocenters. The number of benzene rings is 1. The Labute approximate surface area is 142 Å². The maximum atomic E-state index is 12.0. The zero-order valence-electron chi connectivity index (χ0n) is 12.9. The molecule has 122 valence electrons. The number of aromatic nitrogens is 2. The summed E-state index contributed by atoms with van der Waals surface area (Å²) in [4.78, 5) is 24.9. The van der Waals surface area contributed by atoms with Gasteiger partial charge in [-0.2, -0.15) is 5.10 Å². The quantitative estimate of drug-likeness (QED) is 0.724. The molecular formula is C17H15N3O3S. The van der Waals surface area contributed by atoms with E-state index in [0.717, 1.165) is 10.6 Å². The Morgan fingerprint density at radius 3 is 2.71 bits per heavy atom. The Morgan fingerprint density at radius 1 is 1.17 bits per heavy atom. The van der Waals surface area contributed by atoms with Crippen LogP contribution >= 0.6 is 11.3 Å². The van der Waals surface area contributed by atoms with Crippen molar-refractivity contribution in [1.82, 2.24) is 9.78 Å². The standard InChI is InChI=1S/C17H15N3O3S/c1-23-17(22)15-8-7-14(24-15)13-9-10-20(19-13)11-16(21)18-12-5-3-2-4-6-12/h2-10H,11H2,1H3,(H,18,21). The Morgan fingerprint density at radius 2 is 1.96 bits per heavy atom. The van der Waals surface area contributed by atoms with E-state index in [1.165, 1.54) is 18.4 Å². The van der Waals surface area contributed by atoms with E-state index in [1.54, 1.807) is 16.9 Å². The summed E-state index contributed by atoms with van der Waals surface area (Å²) in [5, 5.41) is 7.18. The Balaban J connectivity index is 1.66. The van der Waals surface area contributed by atoms with Crippen LogP contribution in [0.1, 0.15) is 9.67 Å². The molecule has 24 heavy (non-hydrogen) atoms. The number of carbonyl (C=O) groups is 2. The molecule has 0 fully saturated rings. The van der Waals surface area contributed by atoms with E-state index in [9.17, 15) is 9.59 Å². The topological polar surface area (TPSA) is 73.2 Å². The summed E-state index contributed by atoms with van der Waals surface area (Å²) in [6.45, 7) is 0.115. The van der Waals surface area contributed by atoms with E-state index in [4.69, 9.17) is 4.74 Å². The number of rotatable bonds is 5. The highest BCUT2D eigenvalue weighted by atomic mass is 32.1. The summed E-state index contributed by atoms with van der Waals surface area (Å²) in [6, 6.07) is 14.6. The van der Waals surface area contributed by atoms with E-state index in [2.05, 4.69) is 10.4 Å². The molecule has 1 N–H and O–H groups in total. The van der Waals surface area contributed by atoms with Crippen molar-refractivity contribution < 1.29 is 14.3 Å². The molecule has 0 aliphatic rings. The molecule has 0 saturated heterocycles. The second kappa shape index (κ2) is 7.10. The lowest BCUT2D eigenvalue weighted by molar-refractivity contribution is -0.116. The third-order valence-electron chi connectivity index (χ3n) is 3.25. The van der Waals surface area contributed by atoms with E-state index in [-0.39, 0.29) is 18.4 Å². The number of anilines is 1. The lowest BCUT2D eigenvalue weighted by Gasteiger charge is -2.04. The van der Waals surface area contributed by atoms with Crippen LogP contribution in [0.5, 0.6) is 0 Å². The predicted octanol–water partition coefficient (Wildman–Crippen LogP) is 3.04. The van der Waals surface area contributed by atoms with Gasteiger partial charge in [0, 0.05) is 11.9 Å². The van der Waals surface area contributed by atoms with Crippen molar-refractivity contribution in [2.75, 3.05) is 12.4 Å². The zero-order chi connectivity index (χ0) is 16.9. The first-order valence-corrected chi connectivity index (χ1v) is 8.04. The summed E-state index contributed by atoms with van der Waals surface area (Å²) in [5.41, 5.74) is 1.46. The first kappa shape index (κ1) is 15.9. The fourth-order valence-corrected chi connectivity index (χ4v) is 3.03. The van der Waals surface area contributed by atoms with Crippen LogP contribution in [-0.2, 0) is 16.1 Å². The van der Waals surface area contributed by atoms with Crippen LogP contribution in [0.25, 0.3) is 10.6 Å². The van der Waals surface area contributed by atoms with Gasteiger partial charge in [-0.25, -0.2) is 4.79 Å². The second-order valence-electron chi connectivity index (χ2n) is 4.97. The summed E-state index contributed by atoms with van der Waals surface area (Å²) in [7, 11) is 1.35. The smallest absolute Gasteiger partial charge is 0.348 e. The SMILES string of the molecule is COC(=O)c1ccc(-c2ccn(CC(=O)Nc3ccccc3)n2)s1. The molecule has 0 radical (unpaired) electrons. The van der Waals surface area contributed by atoms with E-state index in [0.29, 0.717) is 10.6 Å². The molecule has 0 spiro atoms. The van der Waals surface area contributed by atoms with Gasteiger partial charge in [-0.1, -0.05) is 18.2 Å². The molecule has 6 nitrogen and oxygen atoms in total. The largest absolute Gasteiger partial charge is 0.465 e. The second-order valence-corrected chi connectivity index (χ2v) is 6.05. The molecule has 1 aromatic carbocycles. The molecule has 2 heterocycles. The van der Waals surface area contributed by atoms with Crippen LogP contribution in [0.3, 0.4) is 0 Å². The van der Waals surface area contributed by atoms with E-state index >= 15 is 0 Å². The highest BCUT2D eigenvalue weighted by Gasteiger charge is 2.12. The Kier molecular flexibility index (Phi) is 4.72. The van der Waals surface area contributed by atoms with Crippen LogP contribution in [0, 0.1) is 0 Å². The molecular weight excluding hydrogens is 326 g/mol. The number of methoxy groups -OCH3 is 1. The Bertz CT molecular complexity index is 855. The van der Waals surface area contributed by atoms with Crippen molar-refractivity contribution >= 4 is 28.9 Å². The molecule has 0 bridgehead atoms. The number of esters is 1. The third-order valence-corrected chi connectivity index (χ3v) is 4.34. The molecule has 0 unspecified atom stereocenters. The number of carbonyl (C=O) groups excluding carboxylic acids is 2. The number of para-hydroxylation sites is 1. The molecule has 3 rings (SSSR count). The fourth-order valence-electron chi connectivity index (χ4n) is 2.14. The molecule has 3 aromatic rings.